The van der Waals surface area contributed by atoms with Crippen LogP contribution in [-0.4, -0.2) is 168 Å². The zero-order chi connectivity index (χ0) is 52.2. The Balaban J connectivity index is 0.822. The van der Waals surface area contributed by atoms with Gasteiger partial charge in [-0.05, 0) is 102 Å². The fourth-order valence-corrected chi connectivity index (χ4v) is 11.5. The standard InChI is InChI=1S/C56H72N10O8/c1-33(57-3)51(69)61-45-31-63(25-23-39-19-21-47(65(39)55(45)73)53(71)59-43-29-41(43)37-11-7-5-8-12-37)49(67)27-35-15-17-36(18-16-35)28-50(68)64-26-24-40-20-22-48(54(72)60-44-30-42(44)38-13-9-6-10-14-38)66(40)56(74)46(32-64)62-52(70)34(2)58-4/h5-18,33-34,39-48,57-58H,19-32H2,1-4H3,(H,59,71)(H,60,72)(H,61,69)(H,62,70)/t33-,34-,39+,40+,41+,42+,43+,44+,45-,46-,47-,48-/m0/s1. The number of fused-ring (bicyclic) bond motifs is 2. The molecule has 12 atom stereocenters. The van der Waals surface area contributed by atoms with E-state index in [-0.39, 0.29) is 97.4 Å². The Kier molecular flexibility index (Phi) is 16.1. The number of nitrogens with zero attached hydrogens (tertiary/aromatic N) is 4. The van der Waals surface area contributed by atoms with Gasteiger partial charge in [0.2, 0.25) is 47.3 Å². The summed E-state index contributed by atoms with van der Waals surface area (Å²) in [6.45, 7) is 3.92. The molecule has 4 saturated heterocycles. The predicted octanol–water partition coefficient (Wildman–Crippen LogP) is 1.49. The Hall–Kier alpha value is -6.66. The fourth-order valence-electron chi connectivity index (χ4n) is 11.5. The molecule has 6 aliphatic rings. The lowest BCUT2D eigenvalue weighted by molar-refractivity contribution is -0.147. The second-order valence-electron chi connectivity index (χ2n) is 21.3. The molecule has 3 aromatic carbocycles. The van der Waals surface area contributed by atoms with Gasteiger partial charge in [0.05, 0.1) is 24.9 Å². The van der Waals surface area contributed by atoms with E-state index in [2.05, 4.69) is 56.2 Å². The van der Waals surface area contributed by atoms with Crippen molar-refractivity contribution in [2.75, 3.05) is 40.3 Å². The van der Waals surface area contributed by atoms with Crippen LogP contribution in [0.15, 0.2) is 84.9 Å². The van der Waals surface area contributed by atoms with Crippen LogP contribution in [0.1, 0.15) is 99.3 Å². The zero-order valence-electron chi connectivity index (χ0n) is 43.0. The minimum absolute atomic E-state index is 0.00337. The molecule has 2 saturated carbocycles. The maximum absolute atomic E-state index is 14.5. The van der Waals surface area contributed by atoms with Crippen molar-refractivity contribution in [3.63, 3.8) is 0 Å². The van der Waals surface area contributed by atoms with Crippen molar-refractivity contribution in [3.05, 3.63) is 107 Å². The maximum Gasteiger partial charge on any atom is 0.247 e. The Labute approximate surface area is 433 Å². The monoisotopic (exact) mass is 1010 g/mol. The van der Waals surface area contributed by atoms with Gasteiger partial charge in [-0.1, -0.05) is 84.9 Å². The van der Waals surface area contributed by atoms with Gasteiger partial charge in [0, 0.05) is 62.2 Å². The second kappa shape index (κ2) is 22.8. The van der Waals surface area contributed by atoms with E-state index in [4.69, 9.17) is 0 Å². The molecule has 4 heterocycles. The minimum atomic E-state index is -1.07. The second-order valence-corrected chi connectivity index (χ2v) is 21.3. The molecule has 2 aliphatic carbocycles. The van der Waals surface area contributed by atoms with Gasteiger partial charge in [-0.15, -0.1) is 0 Å². The number of hydrogen-bond donors (Lipinski definition) is 6. The van der Waals surface area contributed by atoms with Gasteiger partial charge in [-0.25, -0.2) is 0 Å². The summed E-state index contributed by atoms with van der Waals surface area (Å²) in [7, 11) is 3.30. The SMILES string of the molecule is CN[C@@H](C)C(=O)N[C@H]1CN(C(=O)Cc2ccc(CC(=O)N3CC[C@H]4CC[C@@H](C(=O)N[C@@H]5C[C@@H]5c5ccccc5)N4C(=O)[C@@H](NC(=O)[C@H](C)NC)C3)cc2)CC[C@H]2CC[C@@H](C(=O)N[C@@H]3C[C@@H]3c3ccccc3)N2C1=O. The van der Waals surface area contributed by atoms with Gasteiger partial charge in [-0.2, -0.15) is 0 Å². The number of carbonyl (C=O) groups excluding carboxylic acids is 8. The highest BCUT2D eigenvalue weighted by Crippen LogP contribution is 2.42. The fraction of sp³-hybridized carbons (Fsp3) is 0.536. The summed E-state index contributed by atoms with van der Waals surface area (Å²) in [4.78, 5) is 118. The van der Waals surface area contributed by atoms with Crippen molar-refractivity contribution in [1.29, 1.82) is 0 Å². The van der Waals surface area contributed by atoms with E-state index in [1.54, 1.807) is 71.8 Å². The van der Waals surface area contributed by atoms with Gasteiger partial charge in [0.25, 0.3) is 0 Å². The maximum atomic E-state index is 14.5. The van der Waals surface area contributed by atoms with E-state index in [9.17, 15) is 38.4 Å². The Morgan fingerprint density at radius 3 is 1.26 bits per heavy atom. The number of likely N-dealkylation sites (N-methyl/N-ethyl adjacent to an activating group) is 2. The van der Waals surface area contributed by atoms with Crippen molar-refractivity contribution in [1.82, 2.24) is 51.5 Å². The number of hydrogen-bond acceptors (Lipinski definition) is 10. The molecule has 9 rings (SSSR count). The summed E-state index contributed by atoms with van der Waals surface area (Å²) in [5, 5.41) is 18.0. The molecule has 0 bridgehead atoms. The van der Waals surface area contributed by atoms with E-state index in [0.29, 0.717) is 62.7 Å². The number of nitrogens with one attached hydrogen (secondary N) is 6. The molecule has 6 fully saturated rings. The smallest absolute Gasteiger partial charge is 0.247 e. The number of benzene rings is 3. The summed E-state index contributed by atoms with van der Waals surface area (Å²) in [6, 6.07) is 22.1. The van der Waals surface area contributed by atoms with E-state index in [1.807, 2.05) is 36.4 Å². The summed E-state index contributed by atoms with van der Waals surface area (Å²) in [6.07, 6.45) is 4.84. The van der Waals surface area contributed by atoms with Crippen molar-refractivity contribution in [2.24, 2.45) is 0 Å². The Bertz CT molecular complexity index is 2390. The number of rotatable bonds is 16. The normalized spacial score (nSPS) is 28.3. The third-order valence-electron chi connectivity index (χ3n) is 16.4. The number of carbonyl (C=O) groups is 8. The summed E-state index contributed by atoms with van der Waals surface area (Å²) >= 11 is 0. The minimum Gasteiger partial charge on any atom is -0.351 e. The Morgan fingerprint density at radius 2 is 0.892 bits per heavy atom. The van der Waals surface area contributed by atoms with Crippen LogP contribution >= 0.6 is 0 Å². The average Bonchev–Trinajstić information content (AvgIpc) is 4.27. The molecule has 0 radical (unpaired) electrons. The average molecular weight is 1010 g/mol. The molecular weight excluding hydrogens is 941 g/mol. The van der Waals surface area contributed by atoms with Crippen LogP contribution in [0.4, 0.5) is 0 Å². The molecule has 0 unspecified atom stereocenters. The van der Waals surface area contributed by atoms with Crippen LogP contribution in [0.3, 0.4) is 0 Å². The molecule has 394 valence electrons. The van der Waals surface area contributed by atoms with Crippen LogP contribution in [-0.2, 0) is 51.2 Å². The van der Waals surface area contributed by atoms with Crippen LogP contribution in [0, 0.1) is 0 Å². The van der Waals surface area contributed by atoms with Gasteiger partial charge in [-0.3, -0.25) is 38.4 Å². The predicted molar refractivity (Wildman–Crippen MR) is 276 cm³/mol. The highest BCUT2D eigenvalue weighted by Gasteiger charge is 2.50. The first-order valence-electron chi connectivity index (χ1n) is 26.6. The molecule has 4 aliphatic heterocycles. The lowest BCUT2D eigenvalue weighted by Gasteiger charge is -2.39. The van der Waals surface area contributed by atoms with Crippen molar-refractivity contribution in [3.8, 4) is 0 Å². The quantitative estimate of drug-likeness (QED) is 0.121. The van der Waals surface area contributed by atoms with Crippen LogP contribution in [0.2, 0.25) is 0 Å². The molecule has 0 spiro atoms. The lowest BCUT2D eigenvalue weighted by Crippen LogP contribution is -2.62. The molecule has 0 aromatic heterocycles. The summed E-state index contributed by atoms with van der Waals surface area (Å²) < 4.78 is 0. The zero-order valence-corrected chi connectivity index (χ0v) is 43.0. The van der Waals surface area contributed by atoms with Crippen molar-refractivity contribution >= 4 is 47.3 Å². The van der Waals surface area contributed by atoms with Gasteiger partial charge < -0.3 is 51.5 Å². The van der Waals surface area contributed by atoms with E-state index < -0.39 is 48.1 Å². The number of amides is 8. The first-order chi connectivity index (χ1) is 35.7. The Morgan fingerprint density at radius 1 is 0.514 bits per heavy atom. The summed E-state index contributed by atoms with van der Waals surface area (Å²) in [5.74, 6) is -1.91. The van der Waals surface area contributed by atoms with E-state index >= 15 is 0 Å². The van der Waals surface area contributed by atoms with Gasteiger partial charge in [0.1, 0.15) is 24.2 Å². The first kappa shape index (κ1) is 52.2. The molecule has 6 N–H and O–H groups in total. The first-order valence-corrected chi connectivity index (χ1v) is 26.6. The van der Waals surface area contributed by atoms with Gasteiger partial charge >= 0.3 is 0 Å². The highest BCUT2D eigenvalue weighted by molar-refractivity contribution is 5.96. The van der Waals surface area contributed by atoms with Gasteiger partial charge in [0.15, 0.2) is 0 Å². The van der Waals surface area contributed by atoms with E-state index in [0.717, 1.165) is 12.8 Å². The van der Waals surface area contributed by atoms with Crippen molar-refractivity contribution < 1.29 is 38.4 Å². The topological polar surface area (TPSA) is 222 Å². The molecule has 74 heavy (non-hydrogen) atoms. The van der Waals surface area contributed by atoms with Crippen LogP contribution < -0.4 is 31.9 Å². The summed E-state index contributed by atoms with van der Waals surface area (Å²) in [5.41, 5.74) is 3.74. The third-order valence-corrected chi connectivity index (χ3v) is 16.4. The molecular formula is C56H72N10O8. The van der Waals surface area contributed by atoms with Crippen molar-refractivity contribution in [2.45, 2.75) is 150 Å². The molecule has 8 amide bonds. The highest BCUT2D eigenvalue weighted by atomic mass is 16.2. The lowest BCUT2D eigenvalue weighted by atomic mass is 10.0. The van der Waals surface area contributed by atoms with Crippen LogP contribution in [0.25, 0.3) is 0 Å². The molecule has 18 nitrogen and oxygen atoms in total. The van der Waals surface area contributed by atoms with Crippen LogP contribution in [0.5, 0.6) is 0 Å². The third kappa shape index (κ3) is 11.8. The molecule has 3 aromatic rings. The molecule has 18 heteroatoms. The largest absolute Gasteiger partial charge is 0.351 e. The van der Waals surface area contributed by atoms with E-state index in [1.165, 1.54) is 11.1 Å².